The third-order valence-electron chi connectivity index (χ3n) is 3.84. The van der Waals surface area contributed by atoms with E-state index in [9.17, 15) is 0 Å². The third kappa shape index (κ3) is 3.99. The highest BCUT2D eigenvalue weighted by atomic mass is 35.5. The van der Waals surface area contributed by atoms with Crippen molar-refractivity contribution in [3.05, 3.63) is 64.7 Å². The topological polar surface area (TPSA) is 21.3 Å². The lowest BCUT2D eigenvalue weighted by atomic mass is 10.0. The maximum absolute atomic E-state index is 6.22. The molecule has 0 bridgehead atoms. The van der Waals surface area contributed by atoms with E-state index in [0.717, 1.165) is 48.7 Å². The number of hydrogen-bond donors (Lipinski definition) is 1. The molecular formula is C18H20ClNO. The summed E-state index contributed by atoms with van der Waals surface area (Å²) >= 11 is 6.16. The van der Waals surface area contributed by atoms with E-state index in [0.29, 0.717) is 6.10 Å². The van der Waals surface area contributed by atoms with Crippen LogP contribution in [0.1, 0.15) is 24.0 Å². The van der Waals surface area contributed by atoms with Crippen LogP contribution in [0.2, 0.25) is 5.02 Å². The number of piperidine rings is 1. The van der Waals surface area contributed by atoms with Crippen molar-refractivity contribution in [2.45, 2.75) is 25.4 Å². The fourth-order valence-electron chi connectivity index (χ4n) is 2.71. The molecule has 0 aliphatic carbocycles. The quantitative estimate of drug-likeness (QED) is 0.919. The van der Waals surface area contributed by atoms with Crippen molar-refractivity contribution in [2.75, 3.05) is 13.1 Å². The summed E-state index contributed by atoms with van der Waals surface area (Å²) < 4.78 is 6.22. The highest BCUT2D eigenvalue weighted by molar-refractivity contribution is 6.30. The van der Waals surface area contributed by atoms with Gasteiger partial charge in [-0.05, 0) is 55.3 Å². The molecule has 2 aromatic carbocycles. The number of rotatable bonds is 4. The van der Waals surface area contributed by atoms with Crippen molar-refractivity contribution in [1.29, 1.82) is 0 Å². The first kappa shape index (κ1) is 14.4. The highest BCUT2D eigenvalue weighted by Crippen LogP contribution is 2.27. The Morgan fingerprint density at radius 2 is 1.81 bits per heavy atom. The summed E-state index contributed by atoms with van der Waals surface area (Å²) in [7, 11) is 0. The van der Waals surface area contributed by atoms with Crippen LogP contribution in [0.25, 0.3) is 0 Å². The molecule has 2 aromatic rings. The van der Waals surface area contributed by atoms with Gasteiger partial charge in [0.2, 0.25) is 0 Å². The first-order valence-electron chi connectivity index (χ1n) is 7.51. The minimum absolute atomic E-state index is 0.307. The van der Waals surface area contributed by atoms with Crippen LogP contribution < -0.4 is 10.1 Å². The first-order chi connectivity index (χ1) is 10.3. The molecule has 1 saturated heterocycles. The molecule has 1 N–H and O–H groups in total. The van der Waals surface area contributed by atoms with Crippen LogP contribution in [0, 0.1) is 0 Å². The average molecular weight is 302 g/mol. The maximum Gasteiger partial charge on any atom is 0.123 e. The maximum atomic E-state index is 6.22. The van der Waals surface area contributed by atoms with Crippen LogP contribution in [0.5, 0.6) is 5.75 Å². The fraction of sp³-hybridized carbons (Fsp3) is 0.333. The molecule has 0 amide bonds. The number of hydrogen-bond acceptors (Lipinski definition) is 2. The van der Waals surface area contributed by atoms with Crippen LogP contribution >= 0.6 is 11.6 Å². The van der Waals surface area contributed by atoms with Crippen LogP contribution in [0.15, 0.2) is 48.5 Å². The Morgan fingerprint density at radius 3 is 2.57 bits per heavy atom. The summed E-state index contributed by atoms with van der Waals surface area (Å²) in [6.07, 6.45) is 3.28. The third-order valence-corrected chi connectivity index (χ3v) is 4.07. The van der Waals surface area contributed by atoms with E-state index in [2.05, 4.69) is 29.6 Å². The van der Waals surface area contributed by atoms with E-state index >= 15 is 0 Å². The van der Waals surface area contributed by atoms with E-state index < -0.39 is 0 Å². The first-order valence-corrected chi connectivity index (χ1v) is 7.89. The summed E-state index contributed by atoms with van der Waals surface area (Å²) in [6.45, 7) is 2.07. The Kier molecular flexibility index (Phi) is 4.79. The lowest BCUT2D eigenvalue weighted by molar-refractivity contribution is 0.161. The Hall–Kier alpha value is -1.51. The summed E-state index contributed by atoms with van der Waals surface area (Å²) in [5.74, 6) is 0.968. The monoisotopic (exact) mass is 301 g/mol. The second kappa shape index (κ2) is 6.97. The zero-order valence-electron chi connectivity index (χ0n) is 12.0. The Morgan fingerprint density at radius 1 is 1.05 bits per heavy atom. The van der Waals surface area contributed by atoms with Gasteiger partial charge in [0.25, 0.3) is 0 Å². The lowest BCUT2D eigenvalue weighted by Crippen LogP contribution is -2.34. The summed E-state index contributed by atoms with van der Waals surface area (Å²) in [5.41, 5.74) is 2.43. The Balaban J connectivity index is 1.79. The van der Waals surface area contributed by atoms with Crippen LogP contribution in [-0.4, -0.2) is 19.2 Å². The van der Waals surface area contributed by atoms with E-state index in [1.54, 1.807) is 0 Å². The molecule has 1 heterocycles. The minimum Gasteiger partial charge on any atom is -0.490 e. The lowest BCUT2D eigenvalue weighted by Gasteiger charge is -2.25. The SMILES string of the molecule is Clc1ccc(OC2CCNCC2)c(Cc2ccccc2)c1. The molecule has 1 aliphatic rings. The molecule has 0 saturated carbocycles. The van der Waals surface area contributed by atoms with Gasteiger partial charge in [-0.3, -0.25) is 0 Å². The molecular weight excluding hydrogens is 282 g/mol. The van der Waals surface area contributed by atoms with E-state index in [1.807, 2.05) is 24.3 Å². The van der Waals surface area contributed by atoms with Crippen molar-refractivity contribution in [3.63, 3.8) is 0 Å². The minimum atomic E-state index is 0.307. The molecule has 2 nitrogen and oxygen atoms in total. The van der Waals surface area contributed by atoms with Gasteiger partial charge in [0.15, 0.2) is 0 Å². The molecule has 3 rings (SSSR count). The zero-order chi connectivity index (χ0) is 14.5. The van der Waals surface area contributed by atoms with E-state index in [1.165, 1.54) is 5.56 Å². The number of ether oxygens (including phenoxy) is 1. The van der Waals surface area contributed by atoms with Crippen LogP contribution in [0.4, 0.5) is 0 Å². The summed E-state index contributed by atoms with van der Waals surface area (Å²) in [4.78, 5) is 0. The second-order valence-corrected chi connectivity index (χ2v) is 5.92. The molecule has 0 radical (unpaired) electrons. The Labute approximate surface area is 131 Å². The van der Waals surface area contributed by atoms with Gasteiger partial charge in [0.05, 0.1) is 0 Å². The van der Waals surface area contributed by atoms with Crippen molar-refractivity contribution >= 4 is 11.6 Å². The normalized spacial score (nSPS) is 15.9. The van der Waals surface area contributed by atoms with Crippen molar-refractivity contribution < 1.29 is 4.74 Å². The van der Waals surface area contributed by atoms with Gasteiger partial charge in [-0.25, -0.2) is 0 Å². The van der Waals surface area contributed by atoms with Gasteiger partial charge in [-0.15, -0.1) is 0 Å². The smallest absolute Gasteiger partial charge is 0.123 e. The van der Waals surface area contributed by atoms with Gasteiger partial charge >= 0.3 is 0 Å². The standard InChI is InChI=1S/C18H20ClNO/c19-16-6-7-18(21-17-8-10-20-11-9-17)15(13-16)12-14-4-2-1-3-5-14/h1-7,13,17,20H,8-12H2. The van der Waals surface area contributed by atoms with Crippen molar-refractivity contribution in [3.8, 4) is 5.75 Å². The predicted octanol–water partition coefficient (Wildman–Crippen LogP) is 4.06. The number of halogens is 1. The molecule has 0 spiro atoms. The number of benzene rings is 2. The van der Waals surface area contributed by atoms with Gasteiger partial charge in [-0.1, -0.05) is 41.9 Å². The largest absolute Gasteiger partial charge is 0.490 e. The van der Waals surface area contributed by atoms with E-state index in [4.69, 9.17) is 16.3 Å². The fourth-order valence-corrected chi connectivity index (χ4v) is 2.90. The molecule has 110 valence electrons. The van der Waals surface area contributed by atoms with E-state index in [-0.39, 0.29) is 0 Å². The Bertz CT molecular complexity index is 579. The predicted molar refractivity (Wildman–Crippen MR) is 87.2 cm³/mol. The van der Waals surface area contributed by atoms with Gasteiger partial charge in [0, 0.05) is 11.4 Å². The van der Waals surface area contributed by atoms with Crippen molar-refractivity contribution in [2.24, 2.45) is 0 Å². The molecule has 21 heavy (non-hydrogen) atoms. The van der Waals surface area contributed by atoms with Crippen molar-refractivity contribution in [1.82, 2.24) is 5.32 Å². The summed E-state index contributed by atoms with van der Waals surface area (Å²) in [5, 5.41) is 4.13. The molecule has 1 aliphatic heterocycles. The molecule has 1 fully saturated rings. The zero-order valence-corrected chi connectivity index (χ0v) is 12.8. The second-order valence-electron chi connectivity index (χ2n) is 5.48. The highest BCUT2D eigenvalue weighted by Gasteiger charge is 2.16. The summed E-state index contributed by atoms with van der Waals surface area (Å²) in [6, 6.07) is 16.4. The van der Waals surface area contributed by atoms with Gasteiger partial charge in [0.1, 0.15) is 11.9 Å². The number of nitrogens with one attached hydrogen (secondary N) is 1. The molecule has 3 heteroatoms. The molecule has 0 unspecified atom stereocenters. The van der Waals surface area contributed by atoms with Gasteiger partial charge in [-0.2, -0.15) is 0 Å². The van der Waals surface area contributed by atoms with Crippen LogP contribution in [-0.2, 0) is 6.42 Å². The molecule has 0 atom stereocenters. The molecule has 0 aromatic heterocycles. The van der Waals surface area contributed by atoms with Gasteiger partial charge < -0.3 is 10.1 Å². The average Bonchev–Trinajstić information content (AvgIpc) is 2.52. The van der Waals surface area contributed by atoms with Crippen LogP contribution in [0.3, 0.4) is 0 Å².